The lowest BCUT2D eigenvalue weighted by Gasteiger charge is -2.12. The van der Waals surface area contributed by atoms with E-state index >= 15 is 0 Å². The molecule has 88 valence electrons. The molecular weight excluding hydrogens is 192 g/mol. The van der Waals surface area contributed by atoms with Crippen LogP contribution in [0.25, 0.3) is 0 Å². The van der Waals surface area contributed by atoms with E-state index in [0.717, 1.165) is 19.3 Å². The van der Waals surface area contributed by atoms with Gasteiger partial charge in [0.25, 0.3) is 0 Å². The van der Waals surface area contributed by atoms with Crippen molar-refractivity contribution in [1.82, 2.24) is 5.32 Å². The molecule has 0 saturated heterocycles. The maximum absolute atomic E-state index is 11.2. The van der Waals surface area contributed by atoms with Crippen LogP contribution in [-0.2, 0) is 4.74 Å². The molecule has 0 saturated carbocycles. The third-order valence-corrected chi connectivity index (χ3v) is 1.88. The molecule has 0 aliphatic rings. The third-order valence-electron chi connectivity index (χ3n) is 1.88. The number of hydrogen-bond acceptors (Lipinski definition) is 3. The van der Waals surface area contributed by atoms with Gasteiger partial charge in [-0.05, 0) is 18.9 Å². The number of ether oxygens (including phenoxy) is 1. The van der Waals surface area contributed by atoms with Crippen LogP contribution in [0.3, 0.4) is 0 Å². The van der Waals surface area contributed by atoms with E-state index in [1.54, 1.807) is 0 Å². The molecule has 0 spiro atoms. The van der Waals surface area contributed by atoms with Crippen LogP contribution < -0.4 is 11.1 Å². The highest BCUT2D eigenvalue weighted by Gasteiger charge is 2.07. The van der Waals surface area contributed by atoms with Gasteiger partial charge in [-0.2, -0.15) is 0 Å². The average Bonchev–Trinajstić information content (AvgIpc) is 2.25. The molecule has 0 aliphatic carbocycles. The van der Waals surface area contributed by atoms with Crippen molar-refractivity contribution in [3.63, 3.8) is 0 Å². The standard InChI is InChI=1S/C11H22N2O2/c1-3-5-6-7-10(4-2)15-11(14)13-9-8-12/h6-7,10H,3-5,8-9,12H2,1-2H3,(H,13,14)/b7-6+. The summed E-state index contributed by atoms with van der Waals surface area (Å²) in [6, 6.07) is 0. The summed E-state index contributed by atoms with van der Waals surface area (Å²) >= 11 is 0. The van der Waals surface area contributed by atoms with Crippen LogP contribution in [-0.4, -0.2) is 25.3 Å². The highest BCUT2D eigenvalue weighted by atomic mass is 16.6. The average molecular weight is 214 g/mol. The van der Waals surface area contributed by atoms with Gasteiger partial charge < -0.3 is 15.8 Å². The predicted octanol–water partition coefficient (Wildman–Crippen LogP) is 1.81. The number of rotatable bonds is 7. The van der Waals surface area contributed by atoms with E-state index in [-0.39, 0.29) is 6.10 Å². The number of alkyl carbamates (subject to hydrolysis) is 1. The molecule has 0 heterocycles. The van der Waals surface area contributed by atoms with Crippen molar-refractivity contribution in [2.45, 2.75) is 39.2 Å². The topological polar surface area (TPSA) is 64.3 Å². The SMILES string of the molecule is CCC/C=C/C(CC)OC(=O)NCCN. The predicted molar refractivity (Wildman–Crippen MR) is 61.7 cm³/mol. The largest absolute Gasteiger partial charge is 0.442 e. The Morgan fingerprint density at radius 2 is 2.27 bits per heavy atom. The molecule has 15 heavy (non-hydrogen) atoms. The van der Waals surface area contributed by atoms with E-state index in [9.17, 15) is 4.79 Å². The van der Waals surface area contributed by atoms with Crippen molar-refractivity contribution in [2.75, 3.05) is 13.1 Å². The summed E-state index contributed by atoms with van der Waals surface area (Å²) in [4.78, 5) is 11.2. The molecule has 0 aromatic rings. The summed E-state index contributed by atoms with van der Waals surface area (Å²) in [5.41, 5.74) is 5.25. The lowest BCUT2D eigenvalue weighted by molar-refractivity contribution is 0.118. The van der Waals surface area contributed by atoms with Crippen LogP contribution in [0.5, 0.6) is 0 Å². The highest BCUT2D eigenvalue weighted by Crippen LogP contribution is 2.02. The molecule has 3 N–H and O–H groups in total. The quantitative estimate of drug-likeness (QED) is 0.635. The highest BCUT2D eigenvalue weighted by molar-refractivity contribution is 5.67. The van der Waals surface area contributed by atoms with Gasteiger partial charge in [-0.25, -0.2) is 4.79 Å². The number of carbonyl (C=O) groups excluding carboxylic acids is 1. The molecule has 0 aromatic heterocycles. The molecule has 1 amide bonds. The fourth-order valence-electron chi connectivity index (χ4n) is 1.03. The summed E-state index contributed by atoms with van der Waals surface area (Å²) in [7, 11) is 0. The first-order valence-electron chi connectivity index (χ1n) is 5.55. The van der Waals surface area contributed by atoms with E-state index in [1.165, 1.54) is 0 Å². The Balaban J connectivity index is 3.82. The number of unbranched alkanes of at least 4 members (excludes halogenated alkanes) is 1. The molecule has 0 bridgehead atoms. The molecule has 0 radical (unpaired) electrons. The van der Waals surface area contributed by atoms with Crippen molar-refractivity contribution in [2.24, 2.45) is 5.73 Å². The number of hydrogen-bond donors (Lipinski definition) is 2. The van der Waals surface area contributed by atoms with Gasteiger partial charge in [-0.15, -0.1) is 0 Å². The molecule has 0 fully saturated rings. The Morgan fingerprint density at radius 3 is 2.80 bits per heavy atom. The molecule has 1 atom stereocenters. The monoisotopic (exact) mass is 214 g/mol. The summed E-state index contributed by atoms with van der Waals surface area (Å²) in [5, 5.41) is 2.57. The maximum Gasteiger partial charge on any atom is 0.407 e. The van der Waals surface area contributed by atoms with Crippen molar-refractivity contribution < 1.29 is 9.53 Å². The summed E-state index contributed by atoms with van der Waals surface area (Å²) in [6.45, 7) is 4.97. The van der Waals surface area contributed by atoms with Crippen molar-refractivity contribution in [3.05, 3.63) is 12.2 Å². The Bertz CT molecular complexity index is 193. The molecule has 0 aliphatic heterocycles. The zero-order valence-electron chi connectivity index (χ0n) is 9.66. The van der Waals surface area contributed by atoms with Gasteiger partial charge in [-0.3, -0.25) is 0 Å². The van der Waals surface area contributed by atoms with Crippen LogP contribution in [0.4, 0.5) is 4.79 Å². The van der Waals surface area contributed by atoms with Crippen molar-refractivity contribution >= 4 is 6.09 Å². The molecule has 4 heteroatoms. The molecule has 0 aromatic carbocycles. The van der Waals surface area contributed by atoms with Gasteiger partial charge in [0.15, 0.2) is 0 Å². The number of amides is 1. The lowest BCUT2D eigenvalue weighted by Crippen LogP contribution is -2.32. The third kappa shape index (κ3) is 8.00. The van der Waals surface area contributed by atoms with E-state index in [4.69, 9.17) is 10.5 Å². The van der Waals surface area contributed by atoms with Crippen LogP contribution in [0, 0.1) is 0 Å². The second-order valence-corrected chi connectivity index (χ2v) is 3.28. The Labute approximate surface area is 91.9 Å². The molecule has 1 unspecified atom stereocenters. The first-order valence-corrected chi connectivity index (χ1v) is 5.55. The first-order chi connectivity index (χ1) is 7.24. The maximum atomic E-state index is 11.2. The van der Waals surface area contributed by atoms with Crippen molar-refractivity contribution in [1.29, 1.82) is 0 Å². The van der Waals surface area contributed by atoms with Crippen LogP contribution in [0.15, 0.2) is 12.2 Å². The van der Waals surface area contributed by atoms with Gasteiger partial charge in [0.1, 0.15) is 6.10 Å². The fraction of sp³-hybridized carbons (Fsp3) is 0.727. The van der Waals surface area contributed by atoms with Crippen LogP contribution in [0.2, 0.25) is 0 Å². The van der Waals surface area contributed by atoms with Crippen LogP contribution in [0.1, 0.15) is 33.1 Å². The Hall–Kier alpha value is -1.03. The van der Waals surface area contributed by atoms with Gasteiger partial charge in [0.2, 0.25) is 0 Å². The van der Waals surface area contributed by atoms with E-state index in [2.05, 4.69) is 12.2 Å². The fourth-order valence-corrected chi connectivity index (χ4v) is 1.03. The second-order valence-electron chi connectivity index (χ2n) is 3.28. The van der Waals surface area contributed by atoms with Gasteiger partial charge in [0, 0.05) is 13.1 Å². The molecule has 4 nitrogen and oxygen atoms in total. The first kappa shape index (κ1) is 14.0. The van der Waals surface area contributed by atoms with Gasteiger partial charge in [-0.1, -0.05) is 26.3 Å². The van der Waals surface area contributed by atoms with Crippen molar-refractivity contribution in [3.8, 4) is 0 Å². The minimum Gasteiger partial charge on any atom is -0.442 e. The summed E-state index contributed by atoms with van der Waals surface area (Å²) < 4.78 is 5.16. The second kappa shape index (κ2) is 9.52. The van der Waals surface area contributed by atoms with Gasteiger partial charge >= 0.3 is 6.09 Å². The Morgan fingerprint density at radius 1 is 1.53 bits per heavy atom. The number of carbonyl (C=O) groups is 1. The lowest BCUT2D eigenvalue weighted by atomic mass is 10.2. The number of nitrogens with one attached hydrogen (secondary N) is 1. The smallest absolute Gasteiger partial charge is 0.407 e. The van der Waals surface area contributed by atoms with E-state index < -0.39 is 6.09 Å². The van der Waals surface area contributed by atoms with Crippen LogP contribution >= 0.6 is 0 Å². The zero-order valence-corrected chi connectivity index (χ0v) is 9.66. The molecule has 0 rings (SSSR count). The number of allylic oxidation sites excluding steroid dienone is 1. The minimum atomic E-state index is -0.395. The normalized spacial score (nSPS) is 12.7. The minimum absolute atomic E-state index is 0.130. The summed E-state index contributed by atoms with van der Waals surface area (Å²) in [6.07, 6.45) is 6.37. The van der Waals surface area contributed by atoms with Gasteiger partial charge in [0.05, 0.1) is 0 Å². The van der Waals surface area contributed by atoms with E-state index in [0.29, 0.717) is 13.1 Å². The number of nitrogens with two attached hydrogens (primary N) is 1. The summed E-state index contributed by atoms with van der Waals surface area (Å²) in [5.74, 6) is 0. The Kier molecular flexibility index (Phi) is 8.87. The van der Waals surface area contributed by atoms with E-state index in [1.807, 2.05) is 19.1 Å². The molecular formula is C11H22N2O2. The zero-order chi connectivity index (χ0) is 11.5.